The predicted octanol–water partition coefficient (Wildman–Crippen LogP) is 5.59. The minimum atomic E-state index is 0.189. The van der Waals surface area contributed by atoms with Crippen molar-refractivity contribution < 1.29 is 0 Å². The fourth-order valence-corrected chi connectivity index (χ4v) is 2.88. The maximum Gasteiger partial charge on any atom is 0.0323 e. The Bertz CT molecular complexity index is 371. The molecule has 0 amide bonds. The summed E-state index contributed by atoms with van der Waals surface area (Å²) in [6.07, 6.45) is 6.07. The van der Waals surface area contributed by atoms with E-state index >= 15 is 0 Å². The summed E-state index contributed by atoms with van der Waals surface area (Å²) in [6.45, 7) is 11.4. The molecule has 0 heterocycles. The summed E-state index contributed by atoms with van der Waals surface area (Å²) in [7, 11) is 0. The highest BCUT2D eigenvalue weighted by Gasteiger charge is 2.20. The number of hydrogen-bond acceptors (Lipinski definition) is 1. The first kappa shape index (κ1) is 17.2. The highest BCUT2D eigenvalue weighted by Crippen LogP contribution is 2.31. The molecule has 1 aromatic rings. The molecule has 1 aromatic carbocycles. The van der Waals surface area contributed by atoms with E-state index < -0.39 is 0 Å². The molecule has 1 nitrogen and oxygen atoms in total. The van der Waals surface area contributed by atoms with E-state index in [0.717, 1.165) is 6.42 Å². The van der Waals surface area contributed by atoms with Crippen LogP contribution in [0.2, 0.25) is 0 Å². The number of benzene rings is 1. The second-order valence-corrected chi connectivity index (χ2v) is 6.72. The van der Waals surface area contributed by atoms with Gasteiger partial charge in [-0.25, -0.2) is 0 Å². The molecule has 0 aliphatic rings. The molecule has 20 heavy (non-hydrogen) atoms. The fourth-order valence-electron chi connectivity index (χ4n) is 2.88. The van der Waals surface area contributed by atoms with Crippen molar-refractivity contribution in [2.24, 2.45) is 11.7 Å². The molecule has 0 bridgehead atoms. The van der Waals surface area contributed by atoms with Gasteiger partial charge in [-0.15, -0.1) is 0 Å². The van der Waals surface area contributed by atoms with Gasteiger partial charge in [-0.05, 0) is 41.7 Å². The van der Waals surface area contributed by atoms with Crippen LogP contribution in [0.25, 0.3) is 0 Å². The second kappa shape index (κ2) is 7.83. The van der Waals surface area contributed by atoms with Gasteiger partial charge < -0.3 is 5.73 Å². The van der Waals surface area contributed by atoms with Gasteiger partial charge in [-0.1, -0.05) is 71.7 Å². The lowest BCUT2D eigenvalue weighted by atomic mass is 9.80. The number of hydrogen-bond donors (Lipinski definition) is 1. The fraction of sp³-hybridized carbons (Fsp3) is 0.684. The van der Waals surface area contributed by atoms with Gasteiger partial charge in [-0.2, -0.15) is 0 Å². The van der Waals surface area contributed by atoms with Crippen molar-refractivity contribution in [2.75, 3.05) is 0 Å². The summed E-state index contributed by atoms with van der Waals surface area (Å²) >= 11 is 0. The molecule has 0 saturated heterocycles. The smallest absolute Gasteiger partial charge is 0.0323 e. The Kier molecular flexibility index (Phi) is 6.75. The highest BCUT2D eigenvalue weighted by atomic mass is 14.6. The van der Waals surface area contributed by atoms with Crippen molar-refractivity contribution in [1.82, 2.24) is 0 Å². The van der Waals surface area contributed by atoms with Crippen molar-refractivity contribution in [1.29, 1.82) is 0 Å². The van der Waals surface area contributed by atoms with Crippen LogP contribution in [0, 0.1) is 5.92 Å². The molecule has 1 rings (SSSR count). The lowest BCUT2D eigenvalue weighted by Crippen LogP contribution is -2.22. The second-order valence-electron chi connectivity index (χ2n) is 6.72. The van der Waals surface area contributed by atoms with Crippen LogP contribution < -0.4 is 5.73 Å². The van der Waals surface area contributed by atoms with E-state index in [1.807, 2.05) is 0 Å². The van der Waals surface area contributed by atoms with Crippen molar-refractivity contribution in [3.05, 3.63) is 35.4 Å². The molecule has 1 heteroatoms. The largest absolute Gasteiger partial charge is 0.324 e. The first-order chi connectivity index (χ1) is 9.46. The number of nitrogens with two attached hydrogens (primary N) is 1. The quantitative estimate of drug-likeness (QED) is 0.657. The Morgan fingerprint density at radius 2 is 1.45 bits per heavy atom. The lowest BCUT2D eigenvalue weighted by molar-refractivity contribution is 0.368. The topological polar surface area (TPSA) is 26.0 Å². The maximum absolute atomic E-state index is 6.50. The molecule has 0 aromatic heterocycles. The molecule has 2 N–H and O–H groups in total. The zero-order valence-electron chi connectivity index (χ0n) is 14.1. The highest BCUT2D eigenvalue weighted by molar-refractivity contribution is 5.29. The summed E-state index contributed by atoms with van der Waals surface area (Å²) in [5.74, 6) is 0.620. The minimum Gasteiger partial charge on any atom is -0.324 e. The molecule has 0 aliphatic carbocycles. The van der Waals surface area contributed by atoms with Crippen molar-refractivity contribution in [2.45, 2.75) is 78.2 Å². The lowest BCUT2D eigenvalue weighted by Gasteiger charge is -2.26. The monoisotopic (exact) mass is 275 g/mol. The Morgan fingerprint density at radius 1 is 0.950 bits per heavy atom. The van der Waals surface area contributed by atoms with Gasteiger partial charge in [0.15, 0.2) is 0 Å². The van der Waals surface area contributed by atoms with Crippen molar-refractivity contribution in [3.63, 3.8) is 0 Å². The zero-order chi connectivity index (χ0) is 15.2. The van der Waals surface area contributed by atoms with E-state index in [2.05, 4.69) is 58.9 Å². The van der Waals surface area contributed by atoms with Gasteiger partial charge in [0.05, 0.1) is 0 Å². The predicted molar refractivity (Wildman–Crippen MR) is 90.0 cm³/mol. The molecule has 1 unspecified atom stereocenters. The van der Waals surface area contributed by atoms with Gasteiger partial charge >= 0.3 is 0 Å². The molecular weight excluding hydrogens is 242 g/mol. The SMILES string of the molecule is CCCC(CCC)C(N)c1ccc(C(C)(C)CC)cc1. The van der Waals surface area contributed by atoms with Crippen LogP contribution in [0.3, 0.4) is 0 Å². The normalized spacial score (nSPS) is 13.8. The van der Waals surface area contributed by atoms with E-state index in [4.69, 9.17) is 5.73 Å². The van der Waals surface area contributed by atoms with Crippen LogP contribution in [-0.4, -0.2) is 0 Å². The van der Waals surface area contributed by atoms with E-state index in [9.17, 15) is 0 Å². The molecule has 0 spiro atoms. The summed E-state index contributed by atoms with van der Waals surface area (Å²) in [5, 5.41) is 0. The Morgan fingerprint density at radius 3 is 1.85 bits per heavy atom. The summed E-state index contributed by atoms with van der Waals surface area (Å²) < 4.78 is 0. The third-order valence-electron chi connectivity index (χ3n) is 4.79. The first-order valence-electron chi connectivity index (χ1n) is 8.32. The van der Waals surface area contributed by atoms with E-state index in [1.54, 1.807) is 0 Å². The van der Waals surface area contributed by atoms with Gasteiger partial charge in [0.1, 0.15) is 0 Å². The Hall–Kier alpha value is -0.820. The van der Waals surface area contributed by atoms with Gasteiger partial charge in [-0.3, -0.25) is 0 Å². The molecule has 1 atom stereocenters. The van der Waals surface area contributed by atoms with Crippen LogP contribution in [0.1, 0.15) is 83.9 Å². The maximum atomic E-state index is 6.50. The Balaban J connectivity index is 2.86. The van der Waals surface area contributed by atoms with Gasteiger partial charge in [0, 0.05) is 6.04 Å². The summed E-state index contributed by atoms with van der Waals surface area (Å²) in [6, 6.07) is 9.22. The summed E-state index contributed by atoms with van der Waals surface area (Å²) in [4.78, 5) is 0. The average Bonchev–Trinajstić information content (AvgIpc) is 2.46. The standard InChI is InChI=1S/C19H33N/c1-6-9-15(10-7-2)18(20)16-11-13-17(14-12-16)19(4,5)8-3/h11-15,18H,6-10,20H2,1-5H3. The molecule has 114 valence electrons. The van der Waals surface area contributed by atoms with Crippen LogP contribution in [-0.2, 0) is 5.41 Å². The third kappa shape index (κ3) is 4.34. The molecular formula is C19H33N. The average molecular weight is 275 g/mol. The van der Waals surface area contributed by atoms with Crippen molar-refractivity contribution in [3.8, 4) is 0 Å². The first-order valence-corrected chi connectivity index (χ1v) is 8.32. The third-order valence-corrected chi connectivity index (χ3v) is 4.79. The minimum absolute atomic E-state index is 0.189. The summed E-state index contributed by atoms with van der Waals surface area (Å²) in [5.41, 5.74) is 9.48. The van der Waals surface area contributed by atoms with E-state index in [1.165, 1.54) is 36.8 Å². The Labute approximate surface area is 126 Å². The molecule has 0 radical (unpaired) electrons. The molecule has 0 aliphatic heterocycles. The van der Waals surface area contributed by atoms with Crippen LogP contribution in [0.4, 0.5) is 0 Å². The van der Waals surface area contributed by atoms with E-state index in [0.29, 0.717) is 5.92 Å². The van der Waals surface area contributed by atoms with Crippen LogP contribution >= 0.6 is 0 Å². The molecule has 0 saturated carbocycles. The van der Waals surface area contributed by atoms with Crippen LogP contribution in [0.15, 0.2) is 24.3 Å². The van der Waals surface area contributed by atoms with Crippen molar-refractivity contribution >= 4 is 0 Å². The van der Waals surface area contributed by atoms with Gasteiger partial charge in [0.25, 0.3) is 0 Å². The van der Waals surface area contributed by atoms with E-state index in [-0.39, 0.29) is 11.5 Å². The van der Waals surface area contributed by atoms with Crippen LogP contribution in [0.5, 0.6) is 0 Å². The molecule has 0 fully saturated rings. The zero-order valence-corrected chi connectivity index (χ0v) is 14.1. The number of rotatable bonds is 8. The van der Waals surface area contributed by atoms with Gasteiger partial charge in [0.2, 0.25) is 0 Å².